The van der Waals surface area contributed by atoms with Crippen molar-refractivity contribution >= 4 is 21.7 Å². The number of sulfonamides is 1. The predicted octanol–water partition coefficient (Wildman–Crippen LogP) is 1.33. The summed E-state index contributed by atoms with van der Waals surface area (Å²) in [5.41, 5.74) is -0.348. The molecular weight excluding hydrogens is 278 g/mol. The van der Waals surface area contributed by atoms with E-state index in [0.717, 1.165) is 23.6 Å². The summed E-state index contributed by atoms with van der Waals surface area (Å²) in [5, 5.41) is 0. The van der Waals surface area contributed by atoms with Crippen LogP contribution in [0, 0.1) is 16.7 Å². The largest absolute Gasteiger partial charge is 0.299 e. The molecule has 3 atom stereocenters. The van der Waals surface area contributed by atoms with E-state index in [-0.39, 0.29) is 34.8 Å². The summed E-state index contributed by atoms with van der Waals surface area (Å²) in [6, 6.07) is -0.229. The first kappa shape index (κ1) is 14.0. The van der Waals surface area contributed by atoms with E-state index in [2.05, 4.69) is 13.8 Å². The number of hydrogen-bond donors (Lipinski definition) is 0. The number of rotatable bonds is 2. The minimum Gasteiger partial charge on any atom is -0.299 e. The van der Waals surface area contributed by atoms with Crippen molar-refractivity contribution in [3.8, 4) is 0 Å². The topological polar surface area (TPSA) is 71.5 Å². The minimum absolute atomic E-state index is 0.0456. The normalized spacial score (nSPS) is 39.9. The van der Waals surface area contributed by atoms with Gasteiger partial charge in [0, 0.05) is 5.41 Å². The van der Waals surface area contributed by atoms with Crippen LogP contribution in [0.2, 0.25) is 0 Å². The number of hydrogen-bond acceptors (Lipinski definition) is 4. The number of fused-ring (bicyclic) bond motifs is 1. The van der Waals surface area contributed by atoms with Gasteiger partial charge in [-0.2, -0.15) is 0 Å². The summed E-state index contributed by atoms with van der Waals surface area (Å²) < 4.78 is 26.0. The van der Waals surface area contributed by atoms with Crippen LogP contribution in [0.25, 0.3) is 0 Å². The van der Waals surface area contributed by atoms with Gasteiger partial charge in [-0.15, -0.1) is 0 Å². The van der Waals surface area contributed by atoms with Gasteiger partial charge in [0.1, 0.15) is 5.78 Å². The average Bonchev–Trinajstić information content (AvgIpc) is 2.73. The van der Waals surface area contributed by atoms with Crippen LogP contribution in [-0.2, 0) is 19.6 Å². The molecule has 5 nitrogen and oxygen atoms in total. The van der Waals surface area contributed by atoms with Gasteiger partial charge in [-0.25, -0.2) is 12.7 Å². The lowest BCUT2D eigenvalue weighted by Crippen LogP contribution is -2.44. The maximum atomic E-state index is 12.5. The van der Waals surface area contributed by atoms with Gasteiger partial charge in [-0.1, -0.05) is 13.8 Å². The highest BCUT2D eigenvalue weighted by atomic mass is 32.2. The maximum absolute atomic E-state index is 12.5. The van der Waals surface area contributed by atoms with Gasteiger partial charge in [-0.05, 0) is 37.5 Å². The van der Waals surface area contributed by atoms with E-state index in [0.29, 0.717) is 5.92 Å². The monoisotopic (exact) mass is 299 g/mol. The molecule has 3 aliphatic rings. The van der Waals surface area contributed by atoms with Gasteiger partial charge in [0.2, 0.25) is 15.9 Å². The number of amides is 1. The van der Waals surface area contributed by atoms with Gasteiger partial charge in [0.05, 0.1) is 18.2 Å². The van der Waals surface area contributed by atoms with Crippen LogP contribution in [0.4, 0.5) is 0 Å². The molecule has 1 spiro atoms. The lowest BCUT2D eigenvalue weighted by Gasteiger charge is -2.37. The third kappa shape index (κ3) is 1.51. The molecule has 6 heteroatoms. The smallest absolute Gasteiger partial charge is 0.243 e. The van der Waals surface area contributed by atoms with E-state index in [1.165, 1.54) is 6.92 Å². The zero-order valence-electron chi connectivity index (χ0n) is 12.2. The molecule has 2 saturated carbocycles. The number of carbonyl (C=O) groups is 2. The Labute approximate surface area is 119 Å². The van der Waals surface area contributed by atoms with Crippen molar-refractivity contribution in [3.63, 3.8) is 0 Å². The van der Waals surface area contributed by atoms with Gasteiger partial charge < -0.3 is 0 Å². The van der Waals surface area contributed by atoms with Crippen molar-refractivity contribution in [1.82, 2.24) is 4.31 Å². The molecule has 0 aromatic carbocycles. The van der Waals surface area contributed by atoms with Crippen molar-refractivity contribution in [3.05, 3.63) is 0 Å². The molecule has 3 fully saturated rings. The van der Waals surface area contributed by atoms with Crippen LogP contribution < -0.4 is 0 Å². The van der Waals surface area contributed by atoms with Crippen LogP contribution in [0.3, 0.4) is 0 Å². The van der Waals surface area contributed by atoms with Crippen LogP contribution >= 0.6 is 0 Å². The SMILES string of the molecule is CC(=O)CC(=O)N1[C@@H]2C[C@H]3CCC2(CS1(=O)=O)C3(C)C. The van der Waals surface area contributed by atoms with E-state index in [4.69, 9.17) is 0 Å². The standard InChI is InChI=1S/C14H21NO4S/c1-9(16)6-12(17)15-11-7-10-4-5-14(11,13(10,2)3)8-20(15,18)19/h10-11H,4-8H2,1-3H3/t10-,11-,14?/m1/s1. The average molecular weight is 299 g/mol. The quantitative estimate of drug-likeness (QED) is 0.721. The van der Waals surface area contributed by atoms with Crippen molar-refractivity contribution in [2.24, 2.45) is 16.7 Å². The Morgan fingerprint density at radius 3 is 2.50 bits per heavy atom. The molecule has 0 N–H and O–H groups in total. The Bertz CT molecular complexity index is 594. The summed E-state index contributed by atoms with van der Waals surface area (Å²) in [6.07, 6.45) is 2.37. The second kappa shape index (κ2) is 3.84. The molecule has 20 heavy (non-hydrogen) atoms. The van der Waals surface area contributed by atoms with Gasteiger partial charge in [-0.3, -0.25) is 9.59 Å². The fraction of sp³-hybridized carbons (Fsp3) is 0.857. The molecule has 112 valence electrons. The summed E-state index contributed by atoms with van der Waals surface area (Å²) in [7, 11) is -3.57. The summed E-state index contributed by atoms with van der Waals surface area (Å²) in [6.45, 7) is 5.60. The Balaban J connectivity index is 2.02. The number of carbonyl (C=O) groups excluding carboxylic acids is 2. The van der Waals surface area contributed by atoms with E-state index < -0.39 is 15.9 Å². The molecule has 1 unspecified atom stereocenters. The van der Waals surface area contributed by atoms with Crippen molar-refractivity contribution in [1.29, 1.82) is 0 Å². The maximum Gasteiger partial charge on any atom is 0.243 e. The van der Waals surface area contributed by atoms with Crippen LogP contribution in [0.1, 0.15) is 46.5 Å². The van der Waals surface area contributed by atoms with Gasteiger partial charge in [0.15, 0.2) is 0 Å². The first-order valence-electron chi connectivity index (χ1n) is 7.16. The molecule has 1 saturated heterocycles. The fourth-order valence-electron chi connectivity index (χ4n) is 4.91. The van der Waals surface area contributed by atoms with E-state index >= 15 is 0 Å². The molecule has 1 aliphatic heterocycles. The zero-order valence-corrected chi connectivity index (χ0v) is 13.0. The molecule has 1 heterocycles. The Morgan fingerprint density at radius 2 is 1.95 bits per heavy atom. The fourth-order valence-corrected chi connectivity index (χ4v) is 7.46. The zero-order chi connectivity index (χ0) is 14.9. The van der Waals surface area contributed by atoms with Crippen molar-refractivity contribution < 1.29 is 18.0 Å². The first-order valence-corrected chi connectivity index (χ1v) is 8.77. The van der Waals surface area contributed by atoms with E-state index in [1.54, 1.807) is 0 Å². The Hall–Kier alpha value is -0.910. The third-order valence-electron chi connectivity index (χ3n) is 6.06. The molecule has 0 radical (unpaired) electrons. The highest BCUT2D eigenvalue weighted by Crippen LogP contribution is 2.69. The minimum atomic E-state index is -3.57. The molecule has 0 aromatic rings. The molecule has 2 bridgehead atoms. The third-order valence-corrected chi connectivity index (χ3v) is 7.99. The highest BCUT2D eigenvalue weighted by Gasteiger charge is 2.72. The number of nitrogens with zero attached hydrogens (tertiary/aromatic N) is 1. The first-order chi connectivity index (χ1) is 9.12. The predicted molar refractivity (Wildman–Crippen MR) is 73.3 cm³/mol. The van der Waals surface area contributed by atoms with E-state index in [1.807, 2.05) is 0 Å². The summed E-state index contributed by atoms with van der Waals surface area (Å²) in [4.78, 5) is 23.4. The van der Waals surface area contributed by atoms with Gasteiger partial charge in [0.25, 0.3) is 0 Å². The molecular formula is C14H21NO4S. The number of Topliss-reactive ketones (excluding diaryl/α,β-unsaturated/α-hetero) is 1. The van der Waals surface area contributed by atoms with Crippen LogP contribution in [0.15, 0.2) is 0 Å². The second-order valence-electron chi connectivity index (χ2n) is 7.19. The van der Waals surface area contributed by atoms with Crippen molar-refractivity contribution in [2.45, 2.75) is 52.5 Å². The lowest BCUT2D eigenvalue weighted by atomic mass is 9.69. The number of ketones is 1. The van der Waals surface area contributed by atoms with Crippen LogP contribution in [-0.4, -0.2) is 36.2 Å². The van der Waals surface area contributed by atoms with E-state index in [9.17, 15) is 18.0 Å². The molecule has 3 rings (SSSR count). The molecule has 1 amide bonds. The molecule has 2 aliphatic carbocycles. The lowest BCUT2D eigenvalue weighted by molar-refractivity contribution is -0.133. The van der Waals surface area contributed by atoms with Gasteiger partial charge >= 0.3 is 0 Å². The van der Waals surface area contributed by atoms with Crippen LogP contribution in [0.5, 0.6) is 0 Å². The Morgan fingerprint density at radius 1 is 1.30 bits per heavy atom. The second-order valence-corrected chi connectivity index (χ2v) is 9.04. The molecule has 0 aromatic heterocycles. The van der Waals surface area contributed by atoms with Crippen molar-refractivity contribution in [2.75, 3.05) is 5.75 Å². The highest BCUT2D eigenvalue weighted by molar-refractivity contribution is 7.90. The summed E-state index contributed by atoms with van der Waals surface area (Å²) >= 11 is 0. The Kier molecular flexibility index (Phi) is 2.70. The summed E-state index contributed by atoms with van der Waals surface area (Å²) in [5.74, 6) is -0.274.